The maximum Gasteiger partial charge on any atom is 0.335 e. The molecule has 0 atom stereocenters. The Morgan fingerprint density at radius 3 is 2.65 bits per heavy atom. The molecule has 3 heterocycles. The highest BCUT2D eigenvalue weighted by Crippen LogP contribution is 2.33. The zero-order valence-corrected chi connectivity index (χ0v) is 19.9. The summed E-state index contributed by atoms with van der Waals surface area (Å²) in [4.78, 5) is 24.9. The number of carboxylic acids is 1. The number of halogens is 1. The number of hydrogen-bond acceptors (Lipinski definition) is 8. The minimum Gasteiger partial charge on any atom is -0.478 e. The fourth-order valence-corrected chi connectivity index (χ4v) is 5.01. The normalized spacial score (nSPS) is 15.5. The highest BCUT2D eigenvalue weighted by atomic mass is 35.5. The summed E-state index contributed by atoms with van der Waals surface area (Å²) in [6.07, 6.45) is 0. The second-order valence-electron chi connectivity index (χ2n) is 8.08. The second kappa shape index (κ2) is 10.1. The zero-order valence-electron chi connectivity index (χ0n) is 18.3. The molecule has 5 rings (SSSR count). The molecular formula is C24H23ClN4O4S. The van der Waals surface area contributed by atoms with E-state index in [2.05, 4.69) is 26.9 Å². The molecule has 2 aromatic carbocycles. The monoisotopic (exact) mass is 498 g/mol. The Labute approximate surface area is 206 Å². The number of carboxylic acid groups (broad SMARTS) is 1. The molecule has 1 N–H and O–H groups in total. The summed E-state index contributed by atoms with van der Waals surface area (Å²) in [7, 11) is 0. The number of aromatic nitrogens is 2. The van der Waals surface area contributed by atoms with Crippen molar-refractivity contribution in [2.45, 2.75) is 17.5 Å². The SMILES string of the molecule is O=C(O)c1cccc(CSc2nc(Cl)cc(N3CCN(Cc4ccc5c(c4)OCO5)CC3)n2)c1. The Kier molecular flexibility index (Phi) is 6.75. The summed E-state index contributed by atoms with van der Waals surface area (Å²) in [6.45, 7) is 4.62. The van der Waals surface area contributed by atoms with Crippen LogP contribution >= 0.6 is 23.4 Å². The third kappa shape index (κ3) is 5.38. The van der Waals surface area contributed by atoms with Gasteiger partial charge in [-0.25, -0.2) is 14.8 Å². The number of benzene rings is 2. The lowest BCUT2D eigenvalue weighted by molar-refractivity contribution is 0.0696. The van der Waals surface area contributed by atoms with Crippen LogP contribution in [-0.4, -0.2) is 58.9 Å². The smallest absolute Gasteiger partial charge is 0.335 e. The molecule has 10 heteroatoms. The highest BCUT2D eigenvalue weighted by Gasteiger charge is 2.21. The van der Waals surface area contributed by atoms with E-state index in [0.29, 0.717) is 16.1 Å². The number of thioether (sulfide) groups is 1. The molecule has 176 valence electrons. The van der Waals surface area contributed by atoms with E-state index >= 15 is 0 Å². The van der Waals surface area contributed by atoms with Gasteiger partial charge in [0.15, 0.2) is 16.7 Å². The molecule has 0 radical (unpaired) electrons. The maximum absolute atomic E-state index is 11.2. The first-order valence-corrected chi connectivity index (χ1v) is 12.3. The van der Waals surface area contributed by atoms with Gasteiger partial charge in [-0.05, 0) is 35.4 Å². The van der Waals surface area contributed by atoms with Crippen molar-refractivity contribution in [2.75, 3.05) is 37.9 Å². The summed E-state index contributed by atoms with van der Waals surface area (Å²) in [5, 5.41) is 10.2. The predicted octanol–water partition coefficient (Wildman–Crippen LogP) is 4.17. The van der Waals surface area contributed by atoms with Gasteiger partial charge in [-0.15, -0.1) is 0 Å². The zero-order chi connectivity index (χ0) is 23.5. The third-order valence-corrected chi connectivity index (χ3v) is 6.85. The molecule has 3 aromatic rings. The topological polar surface area (TPSA) is 88.0 Å². The number of carbonyl (C=O) groups is 1. The molecule has 2 aliphatic rings. The quantitative estimate of drug-likeness (QED) is 0.293. The Bertz CT molecular complexity index is 1200. The van der Waals surface area contributed by atoms with E-state index in [4.69, 9.17) is 26.1 Å². The summed E-state index contributed by atoms with van der Waals surface area (Å²) < 4.78 is 10.9. The molecule has 1 aromatic heterocycles. The summed E-state index contributed by atoms with van der Waals surface area (Å²) in [5.41, 5.74) is 2.37. The molecular weight excluding hydrogens is 476 g/mol. The Hall–Kier alpha value is -3.01. The second-order valence-corrected chi connectivity index (χ2v) is 9.41. The molecule has 0 amide bonds. The van der Waals surface area contributed by atoms with Gasteiger partial charge in [0.05, 0.1) is 5.56 Å². The predicted molar refractivity (Wildman–Crippen MR) is 130 cm³/mol. The Morgan fingerprint density at radius 1 is 1.00 bits per heavy atom. The van der Waals surface area contributed by atoms with Gasteiger partial charge in [-0.3, -0.25) is 4.90 Å². The summed E-state index contributed by atoms with van der Waals surface area (Å²) in [6, 6.07) is 14.8. The lowest BCUT2D eigenvalue weighted by Crippen LogP contribution is -2.46. The van der Waals surface area contributed by atoms with Crippen LogP contribution < -0.4 is 14.4 Å². The number of anilines is 1. The first-order chi connectivity index (χ1) is 16.5. The van der Waals surface area contributed by atoms with Crippen LogP contribution in [0.25, 0.3) is 0 Å². The van der Waals surface area contributed by atoms with Gasteiger partial charge in [-0.2, -0.15) is 0 Å². The molecule has 2 aliphatic heterocycles. The largest absolute Gasteiger partial charge is 0.478 e. The Morgan fingerprint density at radius 2 is 1.82 bits per heavy atom. The van der Waals surface area contributed by atoms with Gasteiger partial charge in [0, 0.05) is 44.5 Å². The first kappa shape index (κ1) is 22.8. The van der Waals surface area contributed by atoms with E-state index < -0.39 is 5.97 Å². The minimum atomic E-state index is -0.939. The van der Waals surface area contributed by atoms with Crippen molar-refractivity contribution in [1.29, 1.82) is 0 Å². The van der Waals surface area contributed by atoms with Gasteiger partial charge in [0.1, 0.15) is 11.0 Å². The van der Waals surface area contributed by atoms with Gasteiger partial charge >= 0.3 is 5.97 Å². The fourth-order valence-electron chi connectivity index (χ4n) is 3.99. The van der Waals surface area contributed by atoms with E-state index in [1.807, 2.05) is 12.1 Å². The molecule has 1 saturated heterocycles. The van der Waals surface area contributed by atoms with E-state index in [1.54, 1.807) is 24.3 Å². The number of rotatable bonds is 7. The van der Waals surface area contributed by atoms with Crippen LogP contribution in [0, 0.1) is 0 Å². The van der Waals surface area contributed by atoms with E-state index in [0.717, 1.165) is 55.6 Å². The number of nitrogens with zero attached hydrogens (tertiary/aromatic N) is 4. The highest BCUT2D eigenvalue weighted by molar-refractivity contribution is 7.98. The van der Waals surface area contributed by atoms with Crippen molar-refractivity contribution in [3.63, 3.8) is 0 Å². The lowest BCUT2D eigenvalue weighted by Gasteiger charge is -2.35. The van der Waals surface area contributed by atoms with Crippen LogP contribution in [0.3, 0.4) is 0 Å². The molecule has 1 fully saturated rings. The van der Waals surface area contributed by atoms with E-state index in [-0.39, 0.29) is 12.4 Å². The molecule has 0 spiro atoms. The molecule has 34 heavy (non-hydrogen) atoms. The van der Waals surface area contributed by atoms with Crippen molar-refractivity contribution in [1.82, 2.24) is 14.9 Å². The van der Waals surface area contributed by atoms with Crippen LogP contribution in [0.1, 0.15) is 21.5 Å². The number of fused-ring (bicyclic) bond motifs is 1. The van der Waals surface area contributed by atoms with Crippen LogP contribution in [0.4, 0.5) is 5.82 Å². The lowest BCUT2D eigenvalue weighted by atomic mass is 10.1. The third-order valence-electron chi connectivity index (χ3n) is 5.74. The van der Waals surface area contributed by atoms with Crippen LogP contribution in [0.5, 0.6) is 11.5 Å². The summed E-state index contributed by atoms with van der Waals surface area (Å²) >= 11 is 7.74. The van der Waals surface area contributed by atoms with Crippen molar-refractivity contribution in [3.05, 3.63) is 70.4 Å². The summed E-state index contributed by atoms with van der Waals surface area (Å²) in [5.74, 6) is 2.05. The molecule has 0 saturated carbocycles. The molecule has 0 aliphatic carbocycles. The number of ether oxygens (including phenoxy) is 2. The average molecular weight is 499 g/mol. The standard InChI is InChI=1S/C24H23ClN4O4S/c25-21-12-22(27-24(26-21)34-14-17-2-1-3-18(10-17)23(30)31)29-8-6-28(7-9-29)13-16-4-5-19-20(11-16)33-15-32-19/h1-5,10-12H,6-9,13-15H2,(H,30,31). The van der Waals surface area contributed by atoms with Gasteiger partial charge in [0.2, 0.25) is 6.79 Å². The first-order valence-electron chi connectivity index (χ1n) is 10.9. The van der Waals surface area contributed by atoms with Crippen LogP contribution in [0.2, 0.25) is 5.15 Å². The number of piperazine rings is 1. The van der Waals surface area contributed by atoms with Gasteiger partial charge < -0.3 is 19.5 Å². The number of aromatic carboxylic acids is 1. The molecule has 0 unspecified atom stereocenters. The van der Waals surface area contributed by atoms with Gasteiger partial charge in [0.25, 0.3) is 0 Å². The fraction of sp³-hybridized carbons (Fsp3) is 0.292. The van der Waals surface area contributed by atoms with E-state index in [9.17, 15) is 9.90 Å². The van der Waals surface area contributed by atoms with Crippen molar-refractivity contribution < 1.29 is 19.4 Å². The van der Waals surface area contributed by atoms with Crippen LogP contribution in [-0.2, 0) is 12.3 Å². The van der Waals surface area contributed by atoms with Crippen molar-refractivity contribution in [3.8, 4) is 11.5 Å². The average Bonchev–Trinajstić information content (AvgIpc) is 3.31. The Balaban J connectivity index is 1.19. The minimum absolute atomic E-state index is 0.268. The van der Waals surface area contributed by atoms with E-state index in [1.165, 1.54) is 17.3 Å². The van der Waals surface area contributed by atoms with Crippen molar-refractivity contribution >= 4 is 35.1 Å². The van der Waals surface area contributed by atoms with Crippen LogP contribution in [0.15, 0.2) is 53.7 Å². The molecule has 8 nitrogen and oxygen atoms in total. The molecule has 0 bridgehead atoms. The maximum atomic E-state index is 11.2. The van der Waals surface area contributed by atoms with Gasteiger partial charge in [-0.1, -0.05) is 41.6 Å². The van der Waals surface area contributed by atoms with Crippen molar-refractivity contribution in [2.24, 2.45) is 0 Å². The number of hydrogen-bond donors (Lipinski definition) is 1.